The molecule has 0 spiro atoms. The van der Waals surface area contributed by atoms with Gasteiger partial charge in [-0.3, -0.25) is 0 Å². The van der Waals surface area contributed by atoms with Gasteiger partial charge in [-0.2, -0.15) is 0 Å². The number of hydrogen-bond acceptors (Lipinski definition) is 3. The number of benzene rings is 9. The number of nitrogens with zero attached hydrogens (tertiary/aromatic N) is 3. The van der Waals surface area contributed by atoms with Crippen LogP contribution in [0.4, 0.5) is 51.2 Å². The second kappa shape index (κ2) is 17.6. The summed E-state index contributed by atoms with van der Waals surface area (Å²) in [7, 11) is 0. The van der Waals surface area contributed by atoms with E-state index >= 15 is 0 Å². The quantitative estimate of drug-likeness (QED) is 0.113. The van der Waals surface area contributed by atoms with Crippen molar-refractivity contribution in [2.75, 3.05) is 14.7 Å². The van der Waals surface area contributed by atoms with Crippen LogP contribution < -0.4 is 25.5 Å². The predicted octanol–water partition coefficient (Wildman–Crippen LogP) is 13.5. The van der Waals surface area contributed by atoms with Gasteiger partial charge in [0, 0.05) is 0 Å². The van der Waals surface area contributed by atoms with Crippen LogP contribution in [0.25, 0.3) is 0 Å². The summed E-state index contributed by atoms with van der Waals surface area (Å²) in [6.07, 6.45) is 0. The van der Waals surface area contributed by atoms with Gasteiger partial charge in [-0.15, -0.1) is 0 Å². The van der Waals surface area contributed by atoms with E-state index in [1.54, 1.807) is 0 Å². The summed E-state index contributed by atoms with van der Waals surface area (Å²) in [5.74, 6) is 0. The fraction of sp³-hybridized carbons (Fsp3) is 0. The zero-order valence-electron chi connectivity index (χ0n) is 32.4. The Kier molecular flexibility index (Phi) is 11.4. The van der Waals surface area contributed by atoms with E-state index in [0.29, 0.717) is 0 Å². The van der Waals surface area contributed by atoms with Crippen LogP contribution in [-0.2, 0) is 0 Å². The molecule has 0 aromatic heterocycles. The number of anilines is 9. The molecule has 0 aliphatic rings. The monoisotopic (exact) mass is 941 g/mol. The molecule has 0 unspecified atom stereocenters. The molecule has 0 aliphatic carbocycles. The van der Waals surface area contributed by atoms with Gasteiger partial charge in [0.1, 0.15) is 0 Å². The van der Waals surface area contributed by atoms with Gasteiger partial charge in [-0.1, -0.05) is 0 Å². The Morgan fingerprint density at radius 1 is 0.203 bits per heavy atom. The number of halogens is 1. The Balaban J connectivity index is 1.15. The van der Waals surface area contributed by atoms with Gasteiger partial charge in [-0.05, 0) is 0 Å². The Hall–Kier alpha value is -6.35. The van der Waals surface area contributed by atoms with E-state index in [9.17, 15) is 0 Å². The molecule has 0 amide bonds. The second-order valence-electron chi connectivity index (χ2n) is 14.0. The third-order valence-electron chi connectivity index (χ3n) is 10.3. The first kappa shape index (κ1) is 38.2. The Bertz CT molecular complexity index is 2260. The van der Waals surface area contributed by atoms with Gasteiger partial charge < -0.3 is 0 Å². The van der Waals surface area contributed by atoms with Crippen molar-refractivity contribution in [3.63, 3.8) is 0 Å². The van der Waals surface area contributed by atoms with Crippen LogP contribution in [0.3, 0.4) is 0 Å². The SMILES string of the molecule is Br[Te](c1ccc(N(c2ccccc2)c2ccccc2)cc1)(c1ccc(N(c2ccccc2)c2ccccc2)cc1)c1ccc(N(c2ccccc2)c2ccccc2)cc1. The Morgan fingerprint density at radius 2 is 0.356 bits per heavy atom. The normalized spacial score (nSPS) is 11.4. The van der Waals surface area contributed by atoms with E-state index in [0.717, 1.165) is 51.2 Å². The van der Waals surface area contributed by atoms with Crippen molar-refractivity contribution in [1.29, 1.82) is 0 Å². The average molecular weight is 940 g/mol. The van der Waals surface area contributed by atoms with E-state index in [1.807, 2.05) is 0 Å². The molecular weight excluding hydrogens is 898 g/mol. The zero-order chi connectivity index (χ0) is 39.9. The topological polar surface area (TPSA) is 9.72 Å². The third-order valence-corrected chi connectivity index (χ3v) is 25.8. The molecule has 0 N–H and O–H groups in total. The second-order valence-corrected chi connectivity index (χ2v) is 27.7. The summed E-state index contributed by atoms with van der Waals surface area (Å²) in [5, 5.41) is 0. The molecule has 0 aliphatic heterocycles. The molecule has 9 aromatic rings. The molecule has 0 saturated heterocycles. The standard InChI is InChI=1S/C54H42BrN3Te/c55-59(52-37-31-49(32-38-52)56(43-19-7-1-8-20-43)44-21-9-2-10-22-44,53-39-33-50(34-40-53)57(45-23-11-3-12-24-45)46-25-13-4-14-26-46)54-41-35-51(36-42-54)58(47-27-15-5-16-28-47)48-29-17-6-18-30-48/h1-42H. The van der Waals surface area contributed by atoms with Crippen LogP contribution >= 0.6 is 12.8 Å². The van der Waals surface area contributed by atoms with E-state index in [4.69, 9.17) is 0 Å². The number of para-hydroxylation sites is 6. The van der Waals surface area contributed by atoms with Crippen LogP contribution in [-0.4, -0.2) is 16.0 Å². The molecule has 0 fully saturated rings. The molecule has 59 heavy (non-hydrogen) atoms. The molecule has 0 atom stereocenters. The Labute approximate surface area is 357 Å². The van der Waals surface area contributed by atoms with Crippen molar-refractivity contribution < 1.29 is 0 Å². The van der Waals surface area contributed by atoms with E-state index < -0.39 is 16.0 Å². The molecular formula is C54H42BrN3Te. The van der Waals surface area contributed by atoms with Crippen molar-refractivity contribution in [2.24, 2.45) is 0 Å². The van der Waals surface area contributed by atoms with E-state index in [1.165, 1.54) is 10.8 Å². The molecule has 286 valence electrons. The minimum atomic E-state index is -3.54. The van der Waals surface area contributed by atoms with E-state index in [-0.39, 0.29) is 0 Å². The van der Waals surface area contributed by atoms with Crippen LogP contribution in [0.2, 0.25) is 0 Å². The van der Waals surface area contributed by atoms with Crippen molar-refractivity contribution in [1.82, 2.24) is 0 Å². The van der Waals surface area contributed by atoms with Crippen molar-refractivity contribution in [3.05, 3.63) is 255 Å². The summed E-state index contributed by atoms with van der Waals surface area (Å²) < 4.78 is 3.93. The molecule has 0 saturated carbocycles. The van der Waals surface area contributed by atoms with Gasteiger partial charge in [0.2, 0.25) is 0 Å². The molecule has 9 rings (SSSR count). The molecule has 0 heterocycles. The zero-order valence-corrected chi connectivity index (χ0v) is 36.3. The van der Waals surface area contributed by atoms with Gasteiger partial charge in [-0.25, -0.2) is 0 Å². The molecule has 0 radical (unpaired) electrons. The van der Waals surface area contributed by atoms with E-state index in [2.05, 4.69) is 282 Å². The molecule has 3 nitrogen and oxygen atoms in total. The molecule has 9 aromatic carbocycles. The fourth-order valence-electron chi connectivity index (χ4n) is 7.56. The average Bonchev–Trinajstić information content (AvgIpc) is 3.32. The summed E-state index contributed by atoms with van der Waals surface area (Å²) in [5.41, 5.74) is 10.0. The van der Waals surface area contributed by atoms with Crippen molar-refractivity contribution in [2.45, 2.75) is 0 Å². The van der Waals surface area contributed by atoms with Crippen LogP contribution in [0.5, 0.6) is 0 Å². The summed E-state index contributed by atoms with van der Waals surface area (Å²) in [6.45, 7) is 0. The van der Waals surface area contributed by atoms with Crippen LogP contribution in [0.15, 0.2) is 255 Å². The number of rotatable bonds is 12. The minimum absolute atomic E-state index is 1.11. The van der Waals surface area contributed by atoms with Crippen molar-refractivity contribution >= 4 is 90.7 Å². The van der Waals surface area contributed by atoms with Crippen LogP contribution in [0.1, 0.15) is 0 Å². The van der Waals surface area contributed by atoms with Gasteiger partial charge in [0.25, 0.3) is 0 Å². The summed E-state index contributed by atoms with van der Waals surface area (Å²) >= 11 is 1.07. The molecule has 5 heteroatoms. The predicted molar refractivity (Wildman–Crippen MR) is 257 cm³/mol. The van der Waals surface area contributed by atoms with Gasteiger partial charge >= 0.3 is 360 Å². The first-order valence-corrected chi connectivity index (χ1v) is 28.4. The van der Waals surface area contributed by atoms with Gasteiger partial charge in [0.15, 0.2) is 0 Å². The van der Waals surface area contributed by atoms with Crippen LogP contribution in [0, 0.1) is 0 Å². The Morgan fingerprint density at radius 3 is 0.525 bits per heavy atom. The third kappa shape index (κ3) is 8.06. The summed E-state index contributed by atoms with van der Waals surface area (Å²) in [6, 6.07) is 91.2. The fourth-order valence-corrected chi connectivity index (χ4v) is 18.6. The summed E-state index contributed by atoms with van der Waals surface area (Å²) in [4.78, 5) is 6.96. The number of hydrogen-bond donors (Lipinski definition) is 0. The van der Waals surface area contributed by atoms with Gasteiger partial charge in [0.05, 0.1) is 0 Å². The maximum absolute atomic E-state index is 4.61. The molecule has 0 bridgehead atoms. The first-order chi connectivity index (χ1) is 29.2. The van der Waals surface area contributed by atoms with Crippen molar-refractivity contribution in [3.8, 4) is 0 Å². The first-order valence-electron chi connectivity index (χ1n) is 19.7. The maximum atomic E-state index is 4.61.